The molecule has 1 aromatic rings. The number of aromatic nitrogens is 1. The van der Waals surface area contributed by atoms with Gasteiger partial charge in [-0.05, 0) is 25.5 Å². The van der Waals surface area contributed by atoms with Gasteiger partial charge in [0.25, 0.3) is 5.91 Å². The Morgan fingerprint density at radius 2 is 2.06 bits per heavy atom. The lowest BCUT2D eigenvalue weighted by atomic mass is 10.3. The number of carboxylic acids is 1. The Labute approximate surface area is 101 Å². The molecule has 0 fully saturated rings. The number of carbonyl (C=O) groups is 2. The lowest BCUT2D eigenvalue weighted by Crippen LogP contribution is -2.29. The van der Waals surface area contributed by atoms with E-state index in [2.05, 4.69) is 0 Å². The van der Waals surface area contributed by atoms with Gasteiger partial charge >= 0.3 is 5.97 Å². The van der Waals surface area contributed by atoms with Crippen molar-refractivity contribution in [3.05, 3.63) is 23.5 Å². The van der Waals surface area contributed by atoms with Crippen LogP contribution in [0.1, 0.15) is 29.0 Å². The molecule has 1 rings (SSSR count). The number of carboxylic acid groups (broad SMARTS) is 1. The van der Waals surface area contributed by atoms with Gasteiger partial charge in [0.1, 0.15) is 5.69 Å². The van der Waals surface area contributed by atoms with Gasteiger partial charge in [0.05, 0.1) is 0 Å². The maximum Gasteiger partial charge on any atom is 0.303 e. The molecule has 1 amide bonds. The van der Waals surface area contributed by atoms with E-state index in [1.54, 1.807) is 18.0 Å². The van der Waals surface area contributed by atoms with E-state index >= 15 is 0 Å². The number of amides is 1. The summed E-state index contributed by atoms with van der Waals surface area (Å²) in [7, 11) is 3.53. The molecular weight excluding hydrogens is 220 g/mol. The SMILES string of the molecule is Cc1ccc(C(=O)N(C)CCCC(=O)O)n1C. The van der Waals surface area contributed by atoms with Crippen molar-refractivity contribution in [3.8, 4) is 0 Å². The van der Waals surface area contributed by atoms with Gasteiger partial charge in [0, 0.05) is 32.8 Å². The van der Waals surface area contributed by atoms with Gasteiger partial charge in [0.15, 0.2) is 0 Å². The lowest BCUT2D eigenvalue weighted by Gasteiger charge is -2.17. The third kappa shape index (κ3) is 3.34. The second-order valence-corrected chi connectivity index (χ2v) is 4.14. The minimum atomic E-state index is -0.833. The standard InChI is InChI=1S/C12H18N2O3/c1-9-6-7-10(14(9)3)12(17)13(2)8-4-5-11(15)16/h6-7H,4-5,8H2,1-3H3,(H,15,16). The number of carbonyl (C=O) groups excluding carboxylic acids is 1. The Hall–Kier alpha value is -1.78. The molecule has 0 unspecified atom stereocenters. The zero-order valence-electron chi connectivity index (χ0n) is 10.4. The first-order valence-electron chi connectivity index (χ1n) is 5.53. The minimum Gasteiger partial charge on any atom is -0.481 e. The average molecular weight is 238 g/mol. The Bertz CT molecular complexity index is 423. The first-order valence-corrected chi connectivity index (χ1v) is 5.53. The zero-order valence-corrected chi connectivity index (χ0v) is 10.4. The lowest BCUT2D eigenvalue weighted by molar-refractivity contribution is -0.137. The molecule has 5 heteroatoms. The van der Waals surface area contributed by atoms with E-state index in [4.69, 9.17) is 5.11 Å². The molecule has 0 bridgehead atoms. The first kappa shape index (κ1) is 13.3. The van der Waals surface area contributed by atoms with Gasteiger partial charge in [-0.2, -0.15) is 0 Å². The van der Waals surface area contributed by atoms with Crippen LogP contribution in [-0.4, -0.2) is 40.0 Å². The number of hydrogen-bond donors (Lipinski definition) is 1. The Morgan fingerprint density at radius 1 is 1.41 bits per heavy atom. The van der Waals surface area contributed by atoms with Crippen molar-refractivity contribution in [2.24, 2.45) is 7.05 Å². The van der Waals surface area contributed by atoms with Gasteiger partial charge < -0.3 is 14.6 Å². The molecule has 0 aliphatic rings. The zero-order chi connectivity index (χ0) is 13.0. The molecule has 94 valence electrons. The van der Waals surface area contributed by atoms with E-state index in [1.165, 1.54) is 0 Å². The third-order valence-electron chi connectivity index (χ3n) is 2.82. The summed E-state index contributed by atoms with van der Waals surface area (Å²) in [6.07, 6.45) is 0.560. The highest BCUT2D eigenvalue weighted by Crippen LogP contribution is 2.09. The molecule has 5 nitrogen and oxygen atoms in total. The summed E-state index contributed by atoms with van der Waals surface area (Å²) in [5.41, 5.74) is 1.65. The molecule has 0 atom stereocenters. The van der Waals surface area contributed by atoms with Gasteiger partial charge in [-0.15, -0.1) is 0 Å². The predicted molar refractivity (Wildman–Crippen MR) is 64.0 cm³/mol. The monoisotopic (exact) mass is 238 g/mol. The molecule has 0 saturated carbocycles. The van der Waals surface area contributed by atoms with E-state index in [-0.39, 0.29) is 12.3 Å². The van der Waals surface area contributed by atoms with Gasteiger partial charge in [-0.25, -0.2) is 0 Å². The number of hydrogen-bond acceptors (Lipinski definition) is 2. The normalized spacial score (nSPS) is 10.3. The van der Waals surface area contributed by atoms with Gasteiger partial charge in [0.2, 0.25) is 0 Å². The van der Waals surface area contributed by atoms with Crippen molar-refractivity contribution < 1.29 is 14.7 Å². The van der Waals surface area contributed by atoms with Crippen molar-refractivity contribution in [2.75, 3.05) is 13.6 Å². The van der Waals surface area contributed by atoms with Crippen LogP contribution in [0.4, 0.5) is 0 Å². The largest absolute Gasteiger partial charge is 0.481 e. The van der Waals surface area contributed by atoms with Crippen molar-refractivity contribution in [3.63, 3.8) is 0 Å². The minimum absolute atomic E-state index is 0.0778. The topological polar surface area (TPSA) is 62.5 Å². The number of rotatable bonds is 5. The quantitative estimate of drug-likeness (QED) is 0.840. The second-order valence-electron chi connectivity index (χ2n) is 4.14. The van der Waals surface area contributed by atoms with Crippen LogP contribution in [0.3, 0.4) is 0 Å². The fraction of sp³-hybridized carbons (Fsp3) is 0.500. The average Bonchev–Trinajstić information content (AvgIpc) is 2.58. The maximum atomic E-state index is 12.0. The fourth-order valence-electron chi connectivity index (χ4n) is 1.59. The number of aryl methyl sites for hydroxylation is 1. The highest BCUT2D eigenvalue weighted by molar-refractivity contribution is 5.92. The van der Waals surface area contributed by atoms with Crippen LogP contribution >= 0.6 is 0 Å². The van der Waals surface area contributed by atoms with Crippen molar-refractivity contribution in [2.45, 2.75) is 19.8 Å². The van der Waals surface area contributed by atoms with Crippen LogP contribution in [0.5, 0.6) is 0 Å². The molecular formula is C12H18N2O3. The number of aliphatic carboxylic acids is 1. The highest BCUT2D eigenvalue weighted by Gasteiger charge is 2.15. The Balaban J connectivity index is 2.58. The summed E-state index contributed by atoms with van der Waals surface area (Å²) in [6.45, 7) is 2.39. The molecule has 0 aromatic carbocycles. The fourth-order valence-corrected chi connectivity index (χ4v) is 1.59. The van der Waals surface area contributed by atoms with E-state index in [0.717, 1.165) is 5.69 Å². The van der Waals surface area contributed by atoms with Gasteiger partial charge in [-0.1, -0.05) is 0 Å². The van der Waals surface area contributed by atoms with E-state index < -0.39 is 5.97 Å². The molecule has 1 heterocycles. The molecule has 1 N–H and O–H groups in total. The van der Waals surface area contributed by atoms with Crippen LogP contribution in [0, 0.1) is 6.92 Å². The molecule has 1 aromatic heterocycles. The summed E-state index contributed by atoms with van der Waals surface area (Å²) >= 11 is 0. The highest BCUT2D eigenvalue weighted by atomic mass is 16.4. The summed E-state index contributed by atoms with van der Waals surface area (Å²) in [6, 6.07) is 3.67. The number of nitrogens with zero attached hydrogens (tertiary/aromatic N) is 2. The first-order chi connectivity index (χ1) is 7.93. The van der Waals surface area contributed by atoms with Gasteiger partial charge in [-0.3, -0.25) is 9.59 Å². The second kappa shape index (κ2) is 5.52. The molecule has 17 heavy (non-hydrogen) atoms. The smallest absolute Gasteiger partial charge is 0.303 e. The predicted octanol–water partition coefficient (Wildman–Crippen LogP) is 1.27. The van der Waals surface area contributed by atoms with Crippen LogP contribution in [-0.2, 0) is 11.8 Å². The summed E-state index contributed by atoms with van der Waals surface area (Å²) in [5, 5.41) is 8.52. The van der Waals surface area contributed by atoms with E-state index in [1.807, 2.05) is 24.6 Å². The maximum absolute atomic E-state index is 12.0. The van der Waals surface area contributed by atoms with E-state index in [9.17, 15) is 9.59 Å². The molecule has 0 spiro atoms. The third-order valence-corrected chi connectivity index (χ3v) is 2.82. The molecule has 0 aliphatic heterocycles. The Kier molecular flexibility index (Phi) is 4.31. The summed E-state index contributed by atoms with van der Waals surface area (Å²) in [4.78, 5) is 23.9. The van der Waals surface area contributed by atoms with Crippen molar-refractivity contribution in [1.82, 2.24) is 9.47 Å². The van der Waals surface area contributed by atoms with Crippen LogP contribution < -0.4 is 0 Å². The molecule has 0 radical (unpaired) electrons. The van der Waals surface area contributed by atoms with Crippen LogP contribution in [0.15, 0.2) is 12.1 Å². The molecule has 0 saturated heterocycles. The van der Waals surface area contributed by atoms with Crippen molar-refractivity contribution in [1.29, 1.82) is 0 Å². The van der Waals surface area contributed by atoms with Crippen molar-refractivity contribution >= 4 is 11.9 Å². The Morgan fingerprint density at radius 3 is 2.53 bits per heavy atom. The molecule has 0 aliphatic carbocycles. The summed E-state index contributed by atoms with van der Waals surface area (Å²) in [5.74, 6) is -0.911. The van der Waals surface area contributed by atoms with Crippen LogP contribution in [0.25, 0.3) is 0 Å². The van der Waals surface area contributed by atoms with Crippen LogP contribution in [0.2, 0.25) is 0 Å². The summed E-state index contributed by atoms with van der Waals surface area (Å²) < 4.78 is 1.83. The van der Waals surface area contributed by atoms with E-state index in [0.29, 0.717) is 18.7 Å².